The quantitative estimate of drug-likeness (QED) is 0.382. The van der Waals surface area contributed by atoms with Gasteiger partial charge in [0.25, 0.3) is 8.32 Å². The van der Waals surface area contributed by atoms with E-state index in [1.807, 2.05) is 36.4 Å². The highest BCUT2D eigenvalue weighted by Crippen LogP contribution is 2.38. The molecule has 0 saturated carbocycles. The van der Waals surface area contributed by atoms with Gasteiger partial charge in [0.05, 0.1) is 12.5 Å². The van der Waals surface area contributed by atoms with Gasteiger partial charge in [-0.1, -0.05) is 104 Å². The van der Waals surface area contributed by atoms with Crippen LogP contribution in [0.15, 0.2) is 60.7 Å². The molecule has 2 aromatic rings. The molecule has 0 aliphatic heterocycles. The molecule has 0 aliphatic carbocycles. The number of benzene rings is 2. The fourth-order valence-electron chi connectivity index (χ4n) is 3.26. The fraction of sp³-hybridized carbons (Fsp3) is 0.350. The Kier molecular flexibility index (Phi) is 6.82. The van der Waals surface area contributed by atoms with E-state index >= 15 is 0 Å². The van der Waals surface area contributed by atoms with Gasteiger partial charge in [-0.2, -0.15) is 0 Å². The number of halogens is 1. The highest BCUT2D eigenvalue weighted by molar-refractivity contribution is 14.1. The lowest BCUT2D eigenvalue weighted by molar-refractivity contribution is -0.138. The lowest BCUT2D eigenvalue weighted by Crippen LogP contribution is -2.68. The largest absolute Gasteiger partial charge is 0.481 e. The Morgan fingerprint density at radius 3 is 1.80 bits per heavy atom. The topological polar surface area (TPSA) is 46.5 Å². The summed E-state index contributed by atoms with van der Waals surface area (Å²) in [4.78, 5) is 11.3. The van der Waals surface area contributed by atoms with Crippen LogP contribution in [0, 0.1) is 0 Å². The van der Waals surface area contributed by atoms with Crippen LogP contribution in [0.2, 0.25) is 5.04 Å². The van der Waals surface area contributed by atoms with Gasteiger partial charge in [0.15, 0.2) is 0 Å². The molecule has 2 aromatic carbocycles. The molecule has 5 heteroatoms. The van der Waals surface area contributed by atoms with E-state index in [1.165, 1.54) is 10.4 Å². The van der Waals surface area contributed by atoms with Crippen molar-refractivity contribution in [1.29, 1.82) is 0 Å². The zero-order valence-electron chi connectivity index (χ0n) is 14.9. The number of rotatable bonds is 7. The number of hydrogen-bond acceptors (Lipinski definition) is 2. The predicted molar refractivity (Wildman–Crippen MR) is 114 cm³/mol. The lowest BCUT2D eigenvalue weighted by atomic mass is 10.2. The summed E-state index contributed by atoms with van der Waals surface area (Å²) < 4.78 is 7.43. The maximum Gasteiger partial charge on any atom is 0.305 e. The molecule has 1 N–H and O–H groups in total. The van der Waals surface area contributed by atoms with E-state index in [0.717, 1.165) is 0 Å². The number of carbonyl (C=O) groups is 1. The molecule has 0 heterocycles. The Hall–Kier alpha value is -1.18. The number of aliphatic carboxylic acids is 1. The predicted octanol–water partition coefficient (Wildman–Crippen LogP) is 3.84. The summed E-state index contributed by atoms with van der Waals surface area (Å²) in [6.45, 7) is 6.60. The minimum atomic E-state index is -2.67. The molecule has 0 bridgehead atoms. The van der Waals surface area contributed by atoms with Gasteiger partial charge in [0.1, 0.15) is 0 Å². The summed E-state index contributed by atoms with van der Waals surface area (Å²) in [5.74, 6) is -0.820. The van der Waals surface area contributed by atoms with Crippen LogP contribution >= 0.6 is 22.6 Å². The lowest BCUT2D eigenvalue weighted by Gasteiger charge is -2.44. The standard InChI is InChI=1S/C20H25IO3Si/c1-20(2,3)25(17-10-6-4-7-11-17,18-12-8-5-9-13-18)24-16(15-21)14-19(22)23/h4-13,16H,14-15H2,1-3H3,(H,22,23)/t16-/m1/s1. The molecule has 25 heavy (non-hydrogen) atoms. The third-order valence-corrected chi connectivity index (χ3v) is 10.4. The molecule has 0 aliphatic rings. The van der Waals surface area contributed by atoms with Crippen LogP contribution in [0.1, 0.15) is 27.2 Å². The van der Waals surface area contributed by atoms with E-state index in [1.54, 1.807) is 0 Å². The first-order chi connectivity index (χ1) is 11.8. The molecule has 0 radical (unpaired) electrons. The molecule has 3 nitrogen and oxygen atoms in total. The number of alkyl halides is 1. The zero-order valence-corrected chi connectivity index (χ0v) is 18.1. The second-order valence-corrected chi connectivity index (χ2v) is 12.3. The molecule has 0 aromatic heterocycles. The first-order valence-electron chi connectivity index (χ1n) is 8.38. The van der Waals surface area contributed by atoms with E-state index in [-0.39, 0.29) is 17.6 Å². The first kappa shape index (κ1) is 20.1. The van der Waals surface area contributed by atoms with Crippen molar-refractivity contribution in [2.45, 2.75) is 38.3 Å². The molecule has 0 spiro atoms. The summed E-state index contributed by atoms with van der Waals surface area (Å²) in [5.41, 5.74) is 0. The minimum absolute atomic E-state index is 0.0213. The van der Waals surface area contributed by atoms with Crippen molar-refractivity contribution in [2.24, 2.45) is 0 Å². The monoisotopic (exact) mass is 468 g/mol. The van der Waals surface area contributed by atoms with Crippen LogP contribution in [-0.4, -0.2) is 29.9 Å². The molecule has 1 atom stereocenters. The molecular weight excluding hydrogens is 443 g/mol. The van der Waals surface area contributed by atoms with Crippen molar-refractivity contribution in [2.75, 3.05) is 4.43 Å². The molecular formula is C20H25IO3Si. The van der Waals surface area contributed by atoms with Crippen LogP contribution in [0.25, 0.3) is 0 Å². The Morgan fingerprint density at radius 1 is 1.04 bits per heavy atom. The van der Waals surface area contributed by atoms with Gasteiger partial charge in [0.2, 0.25) is 0 Å². The first-order valence-corrected chi connectivity index (χ1v) is 11.8. The van der Waals surface area contributed by atoms with Crippen LogP contribution in [0.3, 0.4) is 0 Å². The molecule has 134 valence electrons. The van der Waals surface area contributed by atoms with Gasteiger partial charge in [-0.05, 0) is 15.4 Å². The summed E-state index contributed by atoms with van der Waals surface area (Å²) in [6.07, 6.45) is -0.294. The summed E-state index contributed by atoms with van der Waals surface area (Å²) >= 11 is 2.22. The van der Waals surface area contributed by atoms with Crippen molar-refractivity contribution in [3.8, 4) is 0 Å². The van der Waals surface area contributed by atoms with Gasteiger partial charge >= 0.3 is 5.97 Å². The van der Waals surface area contributed by atoms with Crippen LogP contribution in [0.4, 0.5) is 0 Å². The summed E-state index contributed by atoms with van der Waals surface area (Å²) in [6, 6.07) is 20.6. The second-order valence-electron chi connectivity index (χ2n) is 7.16. The highest BCUT2D eigenvalue weighted by atomic mass is 127. The highest BCUT2D eigenvalue weighted by Gasteiger charge is 2.51. The van der Waals surface area contributed by atoms with Crippen molar-refractivity contribution < 1.29 is 14.3 Å². The van der Waals surface area contributed by atoms with E-state index in [9.17, 15) is 9.90 Å². The van der Waals surface area contributed by atoms with Crippen molar-refractivity contribution in [3.63, 3.8) is 0 Å². The molecule has 0 unspecified atom stereocenters. The van der Waals surface area contributed by atoms with Gasteiger partial charge < -0.3 is 9.53 Å². The van der Waals surface area contributed by atoms with Gasteiger partial charge in [-0.3, -0.25) is 4.79 Å². The number of hydrogen-bond donors (Lipinski definition) is 1. The average molecular weight is 468 g/mol. The SMILES string of the molecule is CC(C)(C)[Si](O[C@@H](CI)CC(=O)O)(c1ccccc1)c1ccccc1. The fourth-order valence-corrected chi connectivity index (χ4v) is 8.78. The second kappa shape index (κ2) is 8.47. The van der Waals surface area contributed by atoms with Crippen LogP contribution < -0.4 is 10.4 Å². The Labute approximate surface area is 164 Å². The summed E-state index contributed by atoms with van der Waals surface area (Å²) in [5, 5.41) is 11.5. The van der Waals surface area contributed by atoms with Gasteiger partial charge in [-0.15, -0.1) is 0 Å². The number of carboxylic acids is 1. The smallest absolute Gasteiger partial charge is 0.305 e. The zero-order chi connectivity index (χ0) is 18.5. The van der Waals surface area contributed by atoms with Crippen molar-refractivity contribution in [3.05, 3.63) is 60.7 Å². The average Bonchev–Trinajstić information content (AvgIpc) is 2.58. The maximum absolute atomic E-state index is 11.3. The van der Waals surface area contributed by atoms with Crippen LogP contribution in [0.5, 0.6) is 0 Å². The molecule has 0 fully saturated rings. The molecule has 2 rings (SSSR count). The molecule has 0 amide bonds. The summed E-state index contributed by atoms with van der Waals surface area (Å²) in [7, 11) is -2.67. The maximum atomic E-state index is 11.3. The Bertz CT molecular complexity index is 644. The minimum Gasteiger partial charge on any atom is -0.481 e. The van der Waals surface area contributed by atoms with E-state index in [0.29, 0.717) is 4.43 Å². The van der Waals surface area contributed by atoms with Crippen molar-refractivity contribution in [1.82, 2.24) is 0 Å². The van der Waals surface area contributed by atoms with Crippen molar-refractivity contribution >= 4 is 47.3 Å². The third kappa shape index (κ3) is 4.51. The molecule has 0 saturated heterocycles. The van der Waals surface area contributed by atoms with E-state index in [4.69, 9.17) is 4.43 Å². The Morgan fingerprint density at radius 2 is 1.48 bits per heavy atom. The van der Waals surface area contributed by atoms with Gasteiger partial charge in [0, 0.05) is 4.43 Å². The normalized spacial score (nSPS) is 13.4. The van der Waals surface area contributed by atoms with E-state index in [2.05, 4.69) is 67.6 Å². The van der Waals surface area contributed by atoms with E-state index < -0.39 is 14.3 Å². The Balaban J connectivity index is 2.66. The third-order valence-electron chi connectivity index (χ3n) is 4.33. The van der Waals surface area contributed by atoms with Gasteiger partial charge in [-0.25, -0.2) is 0 Å². The number of carboxylic acid groups (broad SMARTS) is 1. The van der Waals surface area contributed by atoms with Crippen LogP contribution in [-0.2, 0) is 9.22 Å².